The van der Waals surface area contributed by atoms with E-state index in [2.05, 4.69) is 49.1 Å². The smallest absolute Gasteiger partial charge is 0.0320 e. The highest BCUT2D eigenvalue weighted by atomic mass is 15.2. The van der Waals surface area contributed by atoms with Crippen molar-refractivity contribution >= 4 is 0 Å². The van der Waals surface area contributed by atoms with Crippen molar-refractivity contribution in [2.24, 2.45) is 17.8 Å². The van der Waals surface area contributed by atoms with Crippen molar-refractivity contribution in [3.63, 3.8) is 0 Å². The van der Waals surface area contributed by atoms with Crippen LogP contribution in [0.5, 0.6) is 0 Å². The minimum Gasteiger partial charge on any atom is -0.296 e. The Labute approximate surface area is 92.1 Å². The highest BCUT2D eigenvalue weighted by Crippen LogP contribution is 2.52. The van der Waals surface area contributed by atoms with Gasteiger partial charge < -0.3 is 0 Å². The van der Waals surface area contributed by atoms with Crippen LogP contribution < -0.4 is 0 Å². The van der Waals surface area contributed by atoms with Crippen molar-refractivity contribution < 1.29 is 0 Å². The molecule has 1 aromatic carbocycles. The van der Waals surface area contributed by atoms with E-state index in [1.54, 1.807) is 0 Å². The summed E-state index contributed by atoms with van der Waals surface area (Å²) in [6.45, 7) is 7.38. The van der Waals surface area contributed by atoms with Gasteiger partial charge in [-0.1, -0.05) is 37.3 Å². The summed E-state index contributed by atoms with van der Waals surface area (Å²) in [5.41, 5.74) is 1.46. The van der Waals surface area contributed by atoms with Crippen LogP contribution >= 0.6 is 0 Å². The molecule has 15 heavy (non-hydrogen) atoms. The van der Waals surface area contributed by atoms with Crippen molar-refractivity contribution in [2.45, 2.75) is 19.9 Å². The van der Waals surface area contributed by atoms with E-state index in [1.165, 1.54) is 18.7 Å². The van der Waals surface area contributed by atoms with Gasteiger partial charge in [0.25, 0.3) is 0 Å². The molecular weight excluding hydrogens is 182 g/mol. The van der Waals surface area contributed by atoms with E-state index in [1.807, 2.05) is 0 Å². The van der Waals surface area contributed by atoms with E-state index in [9.17, 15) is 0 Å². The average Bonchev–Trinajstić information content (AvgIpc) is 2.74. The molecule has 1 aliphatic heterocycles. The zero-order valence-corrected chi connectivity index (χ0v) is 9.56. The molecular formula is C14H19N. The van der Waals surface area contributed by atoms with Crippen LogP contribution in [-0.2, 0) is 0 Å². The lowest BCUT2D eigenvalue weighted by molar-refractivity contribution is 0.225. The number of hydrogen-bond acceptors (Lipinski definition) is 1. The largest absolute Gasteiger partial charge is 0.296 e. The molecule has 2 fully saturated rings. The second-order valence-electron chi connectivity index (χ2n) is 5.23. The highest BCUT2D eigenvalue weighted by molar-refractivity contribution is 5.19. The number of hydrogen-bond donors (Lipinski definition) is 0. The molecule has 3 rings (SSSR count). The summed E-state index contributed by atoms with van der Waals surface area (Å²) in [5, 5.41) is 0. The van der Waals surface area contributed by atoms with Gasteiger partial charge in [0.2, 0.25) is 0 Å². The molecule has 1 saturated carbocycles. The minimum absolute atomic E-state index is 0.603. The van der Waals surface area contributed by atoms with Crippen LogP contribution in [0, 0.1) is 17.8 Å². The Hall–Kier alpha value is -0.820. The van der Waals surface area contributed by atoms with E-state index < -0.39 is 0 Å². The Balaban J connectivity index is 1.69. The zero-order chi connectivity index (χ0) is 10.4. The van der Waals surface area contributed by atoms with Crippen molar-refractivity contribution in [2.75, 3.05) is 13.1 Å². The van der Waals surface area contributed by atoms with Gasteiger partial charge in [0.05, 0.1) is 0 Å². The fourth-order valence-corrected chi connectivity index (χ4v) is 3.11. The van der Waals surface area contributed by atoms with Crippen molar-refractivity contribution in [3.05, 3.63) is 35.9 Å². The quantitative estimate of drug-likeness (QED) is 0.711. The molecule has 0 bridgehead atoms. The summed E-state index contributed by atoms with van der Waals surface area (Å²) in [6.07, 6.45) is 0. The maximum absolute atomic E-state index is 2.64. The predicted molar refractivity (Wildman–Crippen MR) is 62.6 cm³/mol. The molecule has 3 unspecified atom stereocenters. The summed E-state index contributed by atoms with van der Waals surface area (Å²) in [4.78, 5) is 2.64. The Morgan fingerprint density at radius 2 is 1.73 bits per heavy atom. The maximum atomic E-state index is 2.64. The molecule has 0 aromatic heterocycles. The van der Waals surface area contributed by atoms with Crippen LogP contribution in [0.3, 0.4) is 0 Å². The monoisotopic (exact) mass is 201 g/mol. The Kier molecular flexibility index (Phi) is 2.10. The summed E-state index contributed by atoms with van der Waals surface area (Å²) < 4.78 is 0. The first-order valence-corrected chi connectivity index (χ1v) is 6.06. The first kappa shape index (κ1) is 9.41. The van der Waals surface area contributed by atoms with Gasteiger partial charge in [-0.25, -0.2) is 0 Å². The Morgan fingerprint density at radius 1 is 1.13 bits per heavy atom. The summed E-state index contributed by atoms with van der Waals surface area (Å²) in [6, 6.07) is 11.5. The summed E-state index contributed by atoms with van der Waals surface area (Å²) >= 11 is 0. The molecule has 80 valence electrons. The highest BCUT2D eigenvalue weighted by Gasteiger charge is 2.53. The summed E-state index contributed by atoms with van der Waals surface area (Å²) in [5.74, 6) is 3.02. The third-order valence-electron chi connectivity index (χ3n) is 4.48. The van der Waals surface area contributed by atoms with Gasteiger partial charge in [0, 0.05) is 19.1 Å². The van der Waals surface area contributed by atoms with Gasteiger partial charge in [-0.05, 0) is 30.2 Å². The molecule has 1 aliphatic carbocycles. The maximum Gasteiger partial charge on any atom is 0.0320 e. The number of nitrogens with zero attached hydrogens (tertiary/aromatic N) is 1. The van der Waals surface area contributed by atoms with Gasteiger partial charge in [0.1, 0.15) is 0 Å². The standard InChI is InChI=1S/C14H19N/c1-10-13-8-15(9-14(10)13)11(2)12-6-4-3-5-7-12/h3-7,10-11,13-14H,8-9H2,1-2H3. The van der Waals surface area contributed by atoms with E-state index >= 15 is 0 Å². The molecule has 1 saturated heterocycles. The third kappa shape index (κ3) is 1.50. The minimum atomic E-state index is 0.603. The normalized spacial score (nSPS) is 36.3. The summed E-state index contributed by atoms with van der Waals surface area (Å²) in [7, 11) is 0. The molecule has 3 atom stereocenters. The van der Waals surface area contributed by atoms with Crippen molar-refractivity contribution in [3.8, 4) is 0 Å². The van der Waals surface area contributed by atoms with Crippen LogP contribution in [0.15, 0.2) is 30.3 Å². The number of benzene rings is 1. The van der Waals surface area contributed by atoms with Crippen LogP contribution in [0.1, 0.15) is 25.5 Å². The second-order valence-corrected chi connectivity index (χ2v) is 5.23. The fourth-order valence-electron chi connectivity index (χ4n) is 3.11. The van der Waals surface area contributed by atoms with Crippen molar-refractivity contribution in [1.82, 2.24) is 4.90 Å². The van der Waals surface area contributed by atoms with E-state index in [0.29, 0.717) is 6.04 Å². The molecule has 1 aromatic rings. The van der Waals surface area contributed by atoms with Gasteiger partial charge in [-0.3, -0.25) is 4.90 Å². The number of likely N-dealkylation sites (tertiary alicyclic amines) is 1. The van der Waals surface area contributed by atoms with Crippen LogP contribution in [0.4, 0.5) is 0 Å². The van der Waals surface area contributed by atoms with Gasteiger partial charge in [-0.15, -0.1) is 0 Å². The van der Waals surface area contributed by atoms with E-state index in [4.69, 9.17) is 0 Å². The molecule has 0 spiro atoms. The van der Waals surface area contributed by atoms with Gasteiger partial charge in [-0.2, -0.15) is 0 Å². The first-order chi connectivity index (χ1) is 7.27. The van der Waals surface area contributed by atoms with Crippen LogP contribution in [0.25, 0.3) is 0 Å². The number of fused-ring (bicyclic) bond motifs is 1. The van der Waals surface area contributed by atoms with E-state index in [-0.39, 0.29) is 0 Å². The molecule has 1 nitrogen and oxygen atoms in total. The third-order valence-corrected chi connectivity index (χ3v) is 4.48. The molecule has 0 radical (unpaired) electrons. The lowest BCUT2D eigenvalue weighted by atomic mass is 10.1. The molecule has 1 heteroatoms. The lowest BCUT2D eigenvalue weighted by Gasteiger charge is -2.26. The number of piperidine rings is 1. The van der Waals surface area contributed by atoms with Gasteiger partial charge >= 0.3 is 0 Å². The molecule has 1 heterocycles. The first-order valence-electron chi connectivity index (χ1n) is 6.06. The lowest BCUT2D eigenvalue weighted by Crippen LogP contribution is -2.27. The van der Waals surface area contributed by atoms with Crippen molar-refractivity contribution in [1.29, 1.82) is 0 Å². The molecule has 0 N–H and O–H groups in total. The Morgan fingerprint density at radius 3 is 2.33 bits per heavy atom. The van der Waals surface area contributed by atoms with E-state index in [0.717, 1.165) is 17.8 Å². The molecule has 2 aliphatic rings. The predicted octanol–water partition coefficient (Wildman–Crippen LogP) is 2.95. The zero-order valence-electron chi connectivity index (χ0n) is 9.56. The van der Waals surface area contributed by atoms with Gasteiger partial charge in [0.15, 0.2) is 0 Å². The van der Waals surface area contributed by atoms with Crippen LogP contribution in [-0.4, -0.2) is 18.0 Å². The molecule has 0 amide bonds. The SMILES string of the molecule is CC1C2CN(C(C)c3ccccc3)CC12. The topological polar surface area (TPSA) is 3.24 Å². The fraction of sp³-hybridized carbons (Fsp3) is 0.571. The average molecular weight is 201 g/mol. The number of rotatable bonds is 2. The second kappa shape index (κ2) is 3.34. The van der Waals surface area contributed by atoms with Crippen LogP contribution in [0.2, 0.25) is 0 Å². The Bertz CT molecular complexity index is 334.